The highest BCUT2D eigenvalue weighted by atomic mass is 16.4. The van der Waals surface area contributed by atoms with E-state index in [-0.39, 0.29) is 5.75 Å². The third-order valence-corrected chi connectivity index (χ3v) is 2.33. The van der Waals surface area contributed by atoms with E-state index in [2.05, 4.69) is 5.73 Å². The summed E-state index contributed by atoms with van der Waals surface area (Å²) in [5.74, 6) is -3.90. The van der Waals surface area contributed by atoms with Crippen molar-refractivity contribution in [1.29, 1.82) is 0 Å². The summed E-state index contributed by atoms with van der Waals surface area (Å²) in [7, 11) is 0. The van der Waals surface area contributed by atoms with Crippen LogP contribution in [-0.4, -0.2) is 51.1 Å². The molecule has 0 spiro atoms. The quantitative estimate of drug-likeness (QED) is 0.356. The number of phenols is 1. The maximum Gasteiger partial charge on any atom is 0.128 e. The number of carboxylic acids is 2. The molecule has 0 bridgehead atoms. The van der Waals surface area contributed by atoms with Gasteiger partial charge in [0.05, 0.1) is 11.9 Å². The highest BCUT2D eigenvalue weighted by Gasteiger charge is 2.17. The molecule has 9 nitrogen and oxygen atoms in total. The van der Waals surface area contributed by atoms with Gasteiger partial charge in [0, 0.05) is 0 Å². The third kappa shape index (κ3) is 6.68. The molecule has 1 aromatic carbocycles. The van der Waals surface area contributed by atoms with E-state index in [9.17, 15) is 24.9 Å². The number of phenolic OH excluding ortho intramolecular Hbond substituents is 1. The van der Waals surface area contributed by atoms with E-state index in [1.807, 2.05) is 0 Å². The second kappa shape index (κ2) is 8.87. The van der Waals surface area contributed by atoms with Gasteiger partial charge in [-0.3, -0.25) is 0 Å². The molecule has 0 aliphatic rings. The number of benzene rings is 1. The van der Waals surface area contributed by atoms with Crippen LogP contribution in [0.1, 0.15) is 11.7 Å². The van der Waals surface area contributed by atoms with Gasteiger partial charge in [0.2, 0.25) is 0 Å². The van der Waals surface area contributed by atoms with Crippen molar-refractivity contribution in [3.8, 4) is 5.75 Å². The highest BCUT2D eigenvalue weighted by molar-refractivity contribution is 5.80. The molecule has 3 atom stereocenters. The SMILES string of the molecule is O=C([O-])C(O)C(O)C(=O)[O-].[NH3+]CC(O)c1ccc(O)cc1. The van der Waals surface area contributed by atoms with E-state index in [1.165, 1.54) is 0 Å². The van der Waals surface area contributed by atoms with Crippen LogP contribution in [0.3, 0.4) is 0 Å². The van der Waals surface area contributed by atoms with Gasteiger partial charge in [0.15, 0.2) is 0 Å². The Kier molecular flexibility index (Phi) is 7.94. The zero-order chi connectivity index (χ0) is 16.6. The number of quaternary nitrogens is 1. The zero-order valence-electron chi connectivity index (χ0n) is 10.9. The summed E-state index contributed by atoms with van der Waals surface area (Å²) < 4.78 is 0. The van der Waals surface area contributed by atoms with E-state index in [4.69, 9.17) is 15.3 Å². The second-order valence-electron chi connectivity index (χ2n) is 3.92. The zero-order valence-corrected chi connectivity index (χ0v) is 10.9. The average molecular weight is 302 g/mol. The normalized spacial score (nSPS) is 14.3. The average Bonchev–Trinajstić information content (AvgIpc) is 2.46. The first kappa shape index (κ1) is 18.8. The fourth-order valence-electron chi connectivity index (χ4n) is 1.12. The molecule has 9 heteroatoms. The minimum absolute atomic E-state index is 0.213. The van der Waals surface area contributed by atoms with Gasteiger partial charge < -0.3 is 46.0 Å². The molecule has 3 unspecified atom stereocenters. The van der Waals surface area contributed by atoms with Crippen LogP contribution in [0.25, 0.3) is 0 Å². The molecule has 0 saturated heterocycles. The van der Waals surface area contributed by atoms with E-state index >= 15 is 0 Å². The topological polar surface area (TPSA) is 189 Å². The first-order valence-electron chi connectivity index (χ1n) is 5.74. The van der Waals surface area contributed by atoms with Crippen LogP contribution >= 0.6 is 0 Å². The number of hydrogen-bond acceptors (Lipinski definition) is 8. The lowest BCUT2D eigenvalue weighted by atomic mass is 10.1. The fourth-order valence-corrected chi connectivity index (χ4v) is 1.12. The molecule has 0 fully saturated rings. The predicted octanol–water partition coefficient (Wildman–Crippen LogP) is -5.12. The highest BCUT2D eigenvalue weighted by Crippen LogP contribution is 2.14. The monoisotopic (exact) mass is 302 g/mol. The third-order valence-electron chi connectivity index (χ3n) is 2.33. The number of aliphatic hydroxyl groups excluding tert-OH is 3. The molecule has 0 aliphatic heterocycles. The number of carbonyl (C=O) groups excluding carboxylic acids is 2. The molecule has 1 aromatic rings. The standard InChI is InChI=1S/C8H11NO2.C4H6O6/c9-5-8(11)6-1-3-7(10)4-2-6;5-1(3(7)8)2(6)4(9)10/h1-4,8,10-11H,5,9H2;1-2,5-6H,(H,7,8)(H,9,10)/p-1. The van der Waals surface area contributed by atoms with Crippen LogP contribution in [0, 0.1) is 0 Å². The fraction of sp³-hybridized carbons (Fsp3) is 0.333. The molecule has 0 heterocycles. The lowest BCUT2D eigenvalue weighted by Gasteiger charge is -2.18. The van der Waals surface area contributed by atoms with Crippen molar-refractivity contribution in [1.82, 2.24) is 0 Å². The summed E-state index contributed by atoms with van der Waals surface area (Å²) in [6, 6.07) is 6.47. The number of carbonyl (C=O) groups is 2. The summed E-state index contributed by atoms with van der Waals surface area (Å²) in [4.78, 5) is 19.3. The first-order valence-corrected chi connectivity index (χ1v) is 5.74. The molecule has 21 heavy (non-hydrogen) atoms. The summed E-state index contributed by atoms with van der Waals surface area (Å²) in [5.41, 5.74) is 4.36. The van der Waals surface area contributed by atoms with Gasteiger partial charge in [0.1, 0.15) is 30.6 Å². The van der Waals surface area contributed by atoms with Crippen molar-refractivity contribution >= 4 is 11.9 Å². The predicted molar refractivity (Wildman–Crippen MR) is 62.8 cm³/mol. The van der Waals surface area contributed by atoms with Crippen LogP contribution in [0.15, 0.2) is 24.3 Å². The van der Waals surface area contributed by atoms with E-state index in [0.717, 1.165) is 5.56 Å². The van der Waals surface area contributed by atoms with Gasteiger partial charge in [-0.15, -0.1) is 0 Å². The van der Waals surface area contributed by atoms with Gasteiger partial charge >= 0.3 is 0 Å². The molecule has 0 amide bonds. The van der Waals surface area contributed by atoms with Gasteiger partial charge in [-0.1, -0.05) is 12.1 Å². The molecule has 118 valence electrons. The maximum atomic E-state index is 9.63. The van der Waals surface area contributed by atoms with E-state index in [0.29, 0.717) is 6.54 Å². The lowest BCUT2D eigenvalue weighted by Crippen LogP contribution is -2.52. The minimum Gasteiger partial charge on any atom is -0.547 e. The molecule has 1 rings (SSSR count). The molecule has 0 aliphatic carbocycles. The first-order chi connectivity index (χ1) is 9.70. The summed E-state index contributed by atoms with van der Waals surface area (Å²) >= 11 is 0. The number of aliphatic carboxylic acids is 2. The molecule has 0 saturated carbocycles. The van der Waals surface area contributed by atoms with Crippen molar-refractivity contribution in [2.45, 2.75) is 18.3 Å². The molecule has 0 aromatic heterocycles. The molecule has 0 radical (unpaired) electrons. The largest absolute Gasteiger partial charge is 0.547 e. The van der Waals surface area contributed by atoms with Crippen molar-refractivity contribution < 1.29 is 46.0 Å². The Bertz CT molecular complexity index is 443. The van der Waals surface area contributed by atoms with Crippen molar-refractivity contribution in [2.24, 2.45) is 0 Å². The number of aliphatic hydroxyl groups is 3. The van der Waals surface area contributed by atoms with Crippen LogP contribution in [-0.2, 0) is 9.59 Å². The minimum atomic E-state index is -2.44. The molecular formula is C12H16NO8-. The van der Waals surface area contributed by atoms with Crippen LogP contribution in [0.4, 0.5) is 0 Å². The Morgan fingerprint density at radius 1 is 1.00 bits per heavy atom. The van der Waals surface area contributed by atoms with Crippen LogP contribution in [0.5, 0.6) is 5.75 Å². The van der Waals surface area contributed by atoms with Gasteiger partial charge in [0.25, 0.3) is 0 Å². The van der Waals surface area contributed by atoms with Crippen molar-refractivity contribution in [3.63, 3.8) is 0 Å². The van der Waals surface area contributed by atoms with Crippen LogP contribution in [0.2, 0.25) is 0 Å². The summed E-state index contributed by atoms with van der Waals surface area (Å²) in [6.45, 7) is 0.449. The van der Waals surface area contributed by atoms with E-state index < -0.39 is 30.3 Å². The van der Waals surface area contributed by atoms with Gasteiger partial charge in [-0.25, -0.2) is 0 Å². The Labute approximate surface area is 119 Å². The Morgan fingerprint density at radius 3 is 1.67 bits per heavy atom. The maximum absolute atomic E-state index is 9.63. The van der Waals surface area contributed by atoms with Crippen molar-refractivity contribution in [2.75, 3.05) is 6.54 Å². The Hall–Kier alpha value is -2.20. The number of rotatable bonds is 5. The lowest BCUT2D eigenvalue weighted by molar-refractivity contribution is -0.385. The van der Waals surface area contributed by atoms with Crippen LogP contribution < -0.4 is 15.9 Å². The Morgan fingerprint density at radius 2 is 1.38 bits per heavy atom. The molecule has 7 N–H and O–H groups in total. The number of aromatic hydroxyl groups is 1. The number of hydrogen-bond donors (Lipinski definition) is 5. The Balaban J connectivity index is 0.000000384. The molecular weight excluding hydrogens is 286 g/mol. The van der Waals surface area contributed by atoms with Gasteiger partial charge in [-0.05, 0) is 17.7 Å². The smallest absolute Gasteiger partial charge is 0.128 e. The van der Waals surface area contributed by atoms with Crippen molar-refractivity contribution in [3.05, 3.63) is 29.8 Å². The number of carboxylic acid groups (broad SMARTS) is 2. The van der Waals surface area contributed by atoms with Gasteiger partial charge in [-0.2, -0.15) is 0 Å². The second-order valence-corrected chi connectivity index (χ2v) is 3.92. The summed E-state index contributed by atoms with van der Waals surface area (Å²) in [6.07, 6.45) is -5.40. The summed E-state index contributed by atoms with van der Waals surface area (Å²) in [5, 5.41) is 53.9. The van der Waals surface area contributed by atoms with E-state index in [1.54, 1.807) is 24.3 Å².